The number of halogens is 1. The number of benzene rings is 1. The van der Waals surface area contributed by atoms with Crippen molar-refractivity contribution in [3.8, 4) is 5.75 Å². The molecule has 0 atom stereocenters. The minimum Gasteiger partial charge on any atom is -0.486 e. The zero-order valence-electron chi connectivity index (χ0n) is 18.7. The fourth-order valence-corrected chi connectivity index (χ4v) is 5.18. The van der Waals surface area contributed by atoms with Gasteiger partial charge in [-0.3, -0.25) is 9.69 Å². The molecule has 1 aliphatic carbocycles. The molecule has 0 radical (unpaired) electrons. The van der Waals surface area contributed by atoms with E-state index in [-0.39, 0.29) is 29.6 Å². The highest BCUT2D eigenvalue weighted by Crippen LogP contribution is 2.34. The summed E-state index contributed by atoms with van der Waals surface area (Å²) in [6.07, 6.45) is 5.86. The van der Waals surface area contributed by atoms with E-state index in [9.17, 15) is 9.18 Å². The summed E-state index contributed by atoms with van der Waals surface area (Å²) in [6.45, 7) is 4.09. The molecule has 1 saturated heterocycles. The van der Waals surface area contributed by atoms with Crippen molar-refractivity contribution in [3.63, 3.8) is 0 Å². The molecule has 1 saturated carbocycles. The van der Waals surface area contributed by atoms with Crippen LogP contribution in [0.5, 0.6) is 5.75 Å². The smallest absolute Gasteiger partial charge is 0.230 e. The number of rotatable bonds is 9. The van der Waals surface area contributed by atoms with Crippen LogP contribution in [0.1, 0.15) is 37.9 Å². The zero-order chi connectivity index (χ0) is 23.1. The molecule has 180 valence electrons. The van der Waals surface area contributed by atoms with Crippen LogP contribution in [-0.4, -0.2) is 69.8 Å². The van der Waals surface area contributed by atoms with Crippen LogP contribution in [0.25, 0.3) is 0 Å². The molecule has 3 N–H and O–H groups in total. The van der Waals surface area contributed by atoms with Crippen LogP contribution < -0.4 is 15.9 Å². The summed E-state index contributed by atoms with van der Waals surface area (Å²) in [4.78, 5) is 15.1. The highest BCUT2D eigenvalue weighted by Gasteiger charge is 2.38. The summed E-state index contributed by atoms with van der Waals surface area (Å²) in [5.41, 5.74) is 0.0289. The van der Waals surface area contributed by atoms with Crippen molar-refractivity contribution in [1.29, 1.82) is 0 Å². The lowest BCUT2D eigenvalue weighted by Crippen LogP contribution is -2.59. The molecule has 1 aromatic heterocycles. The molecular weight excluding hydrogens is 447 g/mol. The third-order valence-electron chi connectivity index (χ3n) is 6.33. The average molecular weight is 479 g/mol. The van der Waals surface area contributed by atoms with E-state index in [2.05, 4.69) is 20.4 Å². The van der Waals surface area contributed by atoms with Crippen LogP contribution >= 0.6 is 11.8 Å². The Hall–Kier alpha value is -2.37. The topological polar surface area (TPSA) is 108 Å². The maximum Gasteiger partial charge on any atom is 0.230 e. The molecule has 1 aromatic carbocycles. The second-order valence-electron chi connectivity index (χ2n) is 8.46. The minimum atomic E-state index is -0.333. The van der Waals surface area contributed by atoms with Gasteiger partial charge in [0, 0.05) is 25.2 Å². The fourth-order valence-electron chi connectivity index (χ4n) is 4.48. The van der Waals surface area contributed by atoms with Crippen molar-refractivity contribution in [2.45, 2.75) is 49.4 Å². The molecule has 9 nitrogen and oxygen atoms in total. The number of nitrogen functional groups attached to an aromatic ring is 1. The summed E-state index contributed by atoms with van der Waals surface area (Å²) in [6, 6.07) is 5.70. The number of nitrogens with two attached hydrogens (primary N) is 1. The van der Waals surface area contributed by atoms with Gasteiger partial charge in [0.2, 0.25) is 11.1 Å². The lowest BCUT2D eigenvalue weighted by Gasteiger charge is -2.48. The molecule has 1 amide bonds. The predicted molar refractivity (Wildman–Crippen MR) is 123 cm³/mol. The SMILES string of the molecule is Nn1c(COc2ccc(F)cc2)nnc1SCC(=O)NCC1(N2CCOCC2)CCCCC1. The largest absolute Gasteiger partial charge is 0.486 e. The Labute approximate surface area is 197 Å². The van der Waals surface area contributed by atoms with Gasteiger partial charge < -0.3 is 20.6 Å². The Morgan fingerprint density at radius 2 is 1.91 bits per heavy atom. The standard InChI is InChI=1S/C22H31FN6O3S/c23-17-4-6-18(7-5-17)32-14-19-26-27-21(29(19)24)33-15-20(30)25-16-22(8-2-1-3-9-22)28-10-12-31-13-11-28/h4-7H,1-3,8-16,24H2,(H,25,30). The zero-order valence-corrected chi connectivity index (χ0v) is 19.5. The molecule has 1 aliphatic heterocycles. The molecule has 11 heteroatoms. The van der Waals surface area contributed by atoms with E-state index in [1.165, 1.54) is 60.0 Å². The lowest BCUT2D eigenvalue weighted by atomic mass is 9.79. The number of carbonyl (C=O) groups is 1. The number of nitrogens with one attached hydrogen (secondary N) is 1. The van der Waals surface area contributed by atoms with Crippen molar-refractivity contribution in [3.05, 3.63) is 35.9 Å². The van der Waals surface area contributed by atoms with Gasteiger partial charge in [0.25, 0.3) is 0 Å². The maximum atomic E-state index is 13.0. The summed E-state index contributed by atoms with van der Waals surface area (Å²) in [5.74, 6) is 6.80. The number of hydrogen-bond donors (Lipinski definition) is 2. The van der Waals surface area contributed by atoms with Gasteiger partial charge in [0.05, 0.1) is 19.0 Å². The van der Waals surface area contributed by atoms with Crippen LogP contribution in [0, 0.1) is 5.82 Å². The molecule has 2 aliphatic rings. The van der Waals surface area contributed by atoms with Gasteiger partial charge in [-0.05, 0) is 37.1 Å². The first kappa shape index (κ1) is 23.8. The van der Waals surface area contributed by atoms with Gasteiger partial charge in [-0.1, -0.05) is 31.0 Å². The van der Waals surface area contributed by atoms with E-state index in [0.717, 1.165) is 39.1 Å². The molecule has 33 heavy (non-hydrogen) atoms. The second kappa shape index (κ2) is 11.2. The van der Waals surface area contributed by atoms with E-state index < -0.39 is 0 Å². The van der Waals surface area contributed by atoms with Crippen LogP contribution in [0.3, 0.4) is 0 Å². The summed E-state index contributed by atoms with van der Waals surface area (Å²) < 4.78 is 25.4. The van der Waals surface area contributed by atoms with Crippen molar-refractivity contribution in [2.75, 3.05) is 44.4 Å². The summed E-state index contributed by atoms with van der Waals surface area (Å²) >= 11 is 1.23. The average Bonchev–Trinajstić information content (AvgIpc) is 3.21. The molecule has 0 spiro atoms. The number of morpholine rings is 1. The Kier molecular flexibility index (Phi) is 8.05. The quantitative estimate of drug-likeness (QED) is 0.416. The van der Waals surface area contributed by atoms with Crippen molar-refractivity contribution < 1.29 is 18.7 Å². The number of thioether (sulfide) groups is 1. The number of ether oxygens (including phenoxy) is 2. The van der Waals surface area contributed by atoms with Crippen LogP contribution in [0.2, 0.25) is 0 Å². The molecule has 0 unspecified atom stereocenters. The Bertz CT molecular complexity index is 913. The Morgan fingerprint density at radius 3 is 2.64 bits per heavy atom. The first-order valence-corrected chi connectivity index (χ1v) is 12.3. The molecule has 2 fully saturated rings. The minimum absolute atomic E-state index is 0.0289. The van der Waals surface area contributed by atoms with Gasteiger partial charge in [0.1, 0.15) is 18.2 Å². The summed E-state index contributed by atoms with van der Waals surface area (Å²) in [7, 11) is 0. The number of hydrogen-bond acceptors (Lipinski definition) is 8. The number of carbonyl (C=O) groups excluding carboxylic acids is 1. The van der Waals surface area contributed by atoms with Crippen LogP contribution in [0.4, 0.5) is 4.39 Å². The Balaban J connectivity index is 1.26. The fraction of sp³-hybridized carbons (Fsp3) is 0.591. The first-order chi connectivity index (χ1) is 16.1. The predicted octanol–water partition coefficient (Wildman–Crippen LogP) is 1.95. The molecule has 2 heterocycles. The molecule has 4 rings (SSSR count). The first-order valence-electron chi connectivity index (χ1n) is 11.4. The second-order valence-corrected chi connectivity index (χ2v) is 9.40. The van der Waals surface area contributed by atoms with E-state index in [4.69, 9.17) is 15.3 Å². The van der Waals surface area contributed by atoms with Crippen molar-refractivity contribution >= 4 is 17.7 Å². The van der Waals surface area contributed by atoms with E-state index in [0.29, 0.717) is 23.3 Å². The highest BCUT2D eigenvalue weighted by molar-refractivity contribution is 7.99. The normalized spacial score (nSPS) is 18.7. The summed E-state index contributed by atoms with van der Waals surface area (Å²) in [5, 5.41) is 11.7. The van der Waals surface area contributed by atoms with E-state index >= 15 is 0 Å². The third-order valence-corrected chi connectivity index (χ3v) is 7.27. The molecule has 2 aromatic rings. The van der Waals surface area contributed by atoms with Gasteiger partial charge in [-0.2, -0.15) is 0 Å². The van der Waals surface area contributed by atoms with Crippen molar-refractivity contribution in [1.82, 2.24) is 25.1 Å². The van der Waals surface area contributed by atoms with Gasteiger partial charge in [-0.25, -0.2) is 9.07 Å². The number of amides is 1. The number of aromatic nitrogens is 3. The molecular formula is C22H31FN6O3S. The molecule has 0 bridgehead atoms. The van der Waals surface area contributed by atoms with Gasteiger partial charge in [0.15, 0.2) is 5.82 Å². The number of nitrogens with zero attached hydrogens (tertiary/aromatic N) is 4. The van der Waals surface area contributed by atoms with Crippen LogP contribution in [-0.2, 0) is 16.1 Å². The lowest BCUT2D eigenvalue weighted by molar-refractivity contribution is -0.119. The van der Waals surface area contributed by atoms with Gasteiger partial charge in [-0.15, -0.1) is 10.2 Å². The highest BCUT2D eigenvalue weighted by atomic mass is 32.2. The third kappa shape index (κ3) is 6.15. The van der Waals surface area contributed by atoms with E-state index in [1.54, 1.807) is 0 Å². The Morgan fingerprint density at radius 1 is 1.18 bits per heavy atom. The van der Waals surface area contributed by atoms with E-state index in [1.807, 2.05) is 0 Å². The van der Waals surface area contributed by atoms with Gasteiger partial charge >= 0.3 is 0 Å². The van der Waals surface area contributed by atoms with Crippen LogP contribution in [0.15, 0.2) is 29.4 Å². The maximum absolute atomic E-state index is 13.0. The van der Waals surface area contributed by atoms with Crippen molar-refractivity contribution in [2.24, 2.45) is 0 Å². The monoisotopic (exact) mass is 478 g/mol.